The van der Waals surface area contributed by atoms with Crippen LogP contribution in [0.15, 0.2) is 28.7 Å². The van der Waals surface area contributed by atoms with Gasteiger partial charge in [-0.05, 0) is 56.1 Å². The van der Waals surface area contributed by atoms with E-state index in [0.717, 1.165) is 11.9 Å². The second-order valence-electron chi connectivity index (χ2n) is 6.01. The van der Waals surface area contributed by atoms with E-state index in [1.807, 2.05) is 6.07 Å². The molecule has 3 fully saturated rings. The minimum Gasteiger partial charge on any atom is -0.451 e. The molecule has 1 aromatic carbocycles. The molecule has 0 spiro atoms. The van der Waals surface area contributed by atoms with Crippen molar-refractivity contribution < 1.29 is 9.21 Å². The van der Waals surface area contributed by atoms with Crippen LogP contribution in [0.25, 0.3) is 11.0 Å². The number of carbonyl (C=O) groups is 1. The molecule has 0 aliphatic carbocycles. The van der Waals surface area contributed by atoms with E-state index < -0.39 is 0 Å². The average molecular weight is 305 g/mol. The fraction of sp³-hybridized carbons (Fsp3) is 0.438. The summed E-state index contributed by atoms with van der Waals surface area (Å²) in [5, 5.41) is 4.64. The van der Waals surface area contributed by atoms with E-state index >= 15 is 0 Å². The van der Waals surface area contributed by atoms with Gasteiger partial charge < -0.3 is 14.6 Å². The summed E-state index contributed by atoms with van der Waals surface area (Å²) in [4.78, 5) is 14.8. The zero-order valence-electron chi connectivity index (χ0n) is 11.6. The third kappa shape index (κ3) is 2.43. The lowest BCUT2D eigenvalue weighted by Gasteiger charge is -2.44. The first-order valence-electron chi connectivity index (χ1n) is 7.41. The van der Waals surface area contributed by atoms with Crippen LogP contribution >= 0.6 is 11.6 Å². The summed E-state index contributed by atoms with van der Waals surface area (Å²) in [5.41, 5.74) is 0.693. The van der Waals surface area contributed by atoms with Gasteiger partial charge in [-0.3, -0.25) is 4.79 Å². The first-order chi connectivity index (χ1) is 10.2. The molecule has 21 heavy (non-hydrogen) atoms. The topological polar surface area (TPSA) is 45.5 Å². The maximum atomic E-state index is 12.4. The number of rotatable bonds is 2. The number of benzene rings is 1. The summed E-state index contributed by atoms with van der Waals surface area (Å²) in [5.74, 6) is 0.850. The Labute approximate surface area is 128 Å². The van der Waals surface area contributed by atoms with E-state index in [1.54, 1.807) is 18.2 Å². The van der Waals surface area contributed by atoms with E-state index in [1.165, 1.54) is 25.9 Å². The number of halogens is 1. The Bertz CT molecular complexity index is 689. The van der Waals surface area contributed by atoms with Crippen LogP contribution in [0, 0.1) is 5.92 Å². The highest BCUT2D eigenvalue weighted by molar-refractivity contribution is 6.31. The molecule has 5 heteroatoms. The Kier molecular flexibility index (Phi) is 3.16. The third-order valence-corrected chi connectivity index (χ3v) is 4.91. The molecule has 1 aromatic heterocycles. The van der Waals surface area contributed by atoms with Gasteiger partial charge in [-0.1, -0.05) is 11.6 Å². The maximum absolute atomic E-state index is 12.4. The quantitative estimate of drug-likeness (QED) is 0.928. The van der Waals surface area contributed by atoms with Gasteiger partial charge in [0.1, 0.15) is 5.58 Å². The van der Waals surface area contributed by atoms with Crippen molar-refractivity contribution in [2.45, 2.75) is 18.9 Å². The number of nitrogens with zero attached hydrogens (tertiary/aromatic N) is 1. The summed E-state index contributed by atoms with van der Waals surface area (Å²) in [6.45, 7) is 3.29. The third-order valence-electron chi connectivity index (χ3n) is 4.67. The molecule has 5 rings (SSSR count). The minimum absolute atomic E-state index is 0.124. The van der Waals surface area contributed by atoms with Crippen LogP contribution in [-0.4, -0.2) is 36.5 Å². The number of carbonyl (C=O) groups excluding carboxylic acids is 1. The van der Waals surface area contributed by atoms with Gasteiger partial charge in [0.15, 0.2) is 5.76 Å². The molecule has 4 nitrogen and oxygen atoms in total. The molecule has 1 atom stereocenters. The van der Waals surface area contributed by atoms with Crippen LogP contribution in [0.3, 0.4) is 0 Å². The lowest BCUT2D eigenvalue weighted by atomic mass is 9.84. The Morgan fingerprint density at radius 2 is 2.10 bits per heavy atom. The molecule has 3 aliphatic heterocycles. The first kappa shape index (κ1) is 13.2. The summed E-state index contributed by atoms with van der Waals surface area (Å²) in [6, 6.07) is 7.38. The summed E-state index contributed by atoms with van der Waals surface area (Å²) in [6.07, 6.45) is 2.36. The van der Waals surface area contributed by atoms with Crippen molar-refractivity contribution in [1.29, 1.82) is 0 Å². The fourth-order valence-corrected chi connectivity index (χ4v) is 3.67. The molecule has 2 aromatic rings. The van der Waals surface area contributed by atoms with Gasteiger partial charge in [-0.15, -0.1) is 0 Å². The van der Waals surface area contributed by atoms with Crippen molar-refractivity contribution in [3.63, 3.8) is 0 Å². The molecule has 110 valence electrons. The van der Waals surface area contributed by atoms with Gasteiger partial charge in [-0.25, -0.2) is 0 Å². The molecule has 3 saturated heterocycles. The lowest BCUT2D eigenvalue weighted by Crippen LogP contribution is -2.57. The van der Waals surface area contributed by atoms with Crippen LogP contribution in [-0.2, 0) is 0 Å². The van der Waals surface area contributed by atoms with Crippen molar-refractivity contribution in [1.82, 2.24) is 10.2 Å². The average Bonchev–Trinajstić information content (AvgIpc) is 2.91. The van der Waals surface area contributed by atoms with Gasteiger partial charge >= 0.3 is 0 Å². The second-order valence-corrected chi connectivity index (χ2v) is 6.45. The Morgan fingerprint density at radius 1 is 1.29 bits per heavy atom. The molecular formula is C16H17ClN2O2. The molecule has 4 heterocycles. The summed E-state index contributed by atoms with van der Waals surface area (Å²) in [7, 11) is 0. The zero-order valence-corrected chi connectivity index (χ0v) is 12.4. The predicted molar refractivity (Wildman–Crippen MR) is 81.6 cm³/mol. The fourth-order valence-electron chi connectivity index (χ4n) is 3.49. The number of hydrogen-bond acceptors (Lipinski definition) is 3. The van der Waals surface area contributed by atoms with Crippen LogP contribution in [0.2, 0.25) is 5.02 Å². The maximum Gasteiger partial charge on any atom is 0.287 e. The molecular weight excluding hydrogens is 288 g/mol. The molecule has 0 saturated carbocycles. The number of fused-ring (bicyclic) bond motifs is 4. The van der Waals surface area contributed by atoms with Crippen LogP contribution in [0.4, 0.5) is 0 Å². The van der Waals surface area contributed by atoms with E-state index in [2.05, 4.69) is 10.2 Å². The van der Waals surface area contributed by atoms with Crippen molar-refractivity contribution in [2.75, 3.05) is 19.6 Å². The molecule has 1 unspecified atom stereocenters. The minimum atomic E-state index is -0.124. The molecule has 0 radical (unpaired) electrons. The summed E-state index contributed by atoms with van der Waals surface area (Å²) >= 11 is 5.96. The van der Waals surface area contributed by atoms with E-state index in [-0.39, 0.29) is 11.9 Å². The molecule has 2 bridgehead atoms. The predicted octanol–water partition coefficient (Wildman–Crippen LogP) is 2.91. The normalized spacial score (nSPS) is 28.0. The van der Waals surface area contributed by atoms with Crippen LogP contribution in [0.5, 0.6) is 0 Å². The van der Waals surface area contributed by atoms with E-state index in [0.29, 0.717) is 22.3 Å². The number of hydrogen-bond donors (Lipinski definition) is 1. The lowest BCUT2D eigenvalue weighted by molar-refractivity contribution is 0.0607. The standard InChI is InChI=1S/C16H17ClN2O2/c17-12-1-2-14-11(7-12)8-15(21-14)16(20)18-13-9-19-5-3-10(13)4-6-19/h1-2,7-8,10,13H,3-6,9H2,(H,18,20). The van der Waals surface area contributed by atoms with Crippen molar-refractivity contribution in [3.8, 4) is 0 Å². The molecule has 3 aliphatic rings. The second kappa shape index (κ2) is 5.04. The SMILES string of the molecule is O=C(NC1CN2CCC1CC2)c1cc2cc(Cl)ccc2o1. The first-order valence-corrected chi connectivity index (χ1v) is 7.79. The zero-order chi connectivity index (χ0) is 14.4. The van der Waals surface area contributed by atoms with E-state index in [4.69, 9.17) is 16.0 Å². The smallest absolute Gasteiger partial charge is 0.287 e. The molecule has 1 N–H and O–H groups in total. The van der Waals surface area contributed by atoms with Gasteiger partial charge in [0.25, 0.3) is 5.91 Å². The number of amides is 1. The number of nitrogens with one attached hydrogen (secondary N) is 1. The summed E-state index contributed by atoms with van der Waals surface area (Å²) < 4.78 is 5.62. The van der Waals surface area contributed by atoms with Crippen LogP contribution in [0.1, 0.15) is 23.4 Å². The van der Waals surface area contributed by atoms with Crippen molar-refractivity contribution in [2.24, 2.45) is 5.92 Å². The van der Waals surface area contributed by atoms with Gasteiger partial charge in [-0.2, -0.15) is 0 Å². The van der Waals surface area contributed by atoms with Crippen molar-refractivity contribution >= 4 is 28.5 Å². The Balaban J connectivity index is 1.53. The number of furan rings is 1. The highest BCUT2D eigenvalue weighted by atomic mass is 35.5. The van der Waals surface area contributed by atoms with Crippen LogP contribution < -0.4 is 5.32 Å². The highest BCUT2D eigenvalue weighted by Gasteiger charge is 2.35. The highest BCUT2D eigenvalue weighted by Crippen LogP contribution is 2.28. The van der Waals surface area contributed by atoms with Gasteiger partial charge in [0, 0.05) is 23.0 Å². The van der Waals surface area contributed by atoms with E-state index in [9.17, 15) is 4.79 Å². The molecule has 1 amide bonds. The number of piperidine rings is 3. The Morgan fingerprint density at radius 3 is 2.81 bits per heavy atom. The largest absolute Gasteiger partial charge is 0.451 e. The monoisotopic (exact) mass is 304 g/mol. The van der Waals surface area contributed by atoms with Gasteiger partial charge in [0.05, 0.1) is 0 Å². The van der Waals surface area contributed by atoms with Crippen molar-refractivity contribution in [3.05, 3.63) is 35.0 Å². The van der Waals surface area contributed by atoms with Gasteiger partial charge in [0.2, 0.25) is 0 Å². The Hall–Kier alpha value is -1.52.